The Kier molecular flexibility index (Phi) is 4.47. The monoisotopic (exact) mass is 325 g/mol. The van der Waals surface area contributed by atoms with Gasteiger partial charge in [0.25, 0.3) is 0 Å². The van der Waals surface area contributed by atoms with Crippen LogP contribution in [0, 0.1) is 12.8 Å². The van der Waals surface area contributed by atoms with Gasteiger partial charge in [-0.25, -0.2) is 4.79 Å². The maximum absolute atomic E-state index is 11.2. The molecule has 0 saturated carbocycles. The van der Waals surface area contributed by atoms with Crippen LogP contribution in [0.2, 0.25) is 0 Å². The smallest absolute Gasteiger partial charge is 0.335 e. The zero-order valence-corrected chi connectivity index (χ0v) is 14.3. The average molecular weight is 325 g/mol. The highest BCUT2D eigenvalue weighted by Crippen LogP contribution is 2.36. The van der Waals surface area contributed by atoms with E-state index in [-0.39, 0.29) is 6.10 Å². The lowest BCUT2D eigenvalue weighted by Crippen LogP contribution is -2.42. The molecule has 0 aromatic heterocycles. The van der Waals surface area contributed by atoms with Gasteiger partial charge in [0.2, 0.25) is 0 Å². The Morgan fingerprint density at radius 2 is 2.08 bits per heavy atom. The molecule has 2 aromatic carbocycles. The van der Waals surface area contributed by atoms with Crippen molar-refractivity contribution in [2.24, 2.45) is 5.92 Å². The van der Waals surface area contributed by atoms with Crippen molar-refractivity contribution >= 4 is 11.7 Å². The summed E-state index contributed by atoms with van der Waals surface area (Å²) in [4.78, 5) is 13.5. The number of carbonyl (C=O) groups is 1. The molecule has 0 spiro atoms. The maximum Gasteiger partial charge on any atom is 0.335 e. The number of rotatable bonds is 4. The summed E-state index contributed by atoms with van der Waals surface area (Å²) >= 11 is 0. The Hall–Kier alpha value is -2.49. The summed E-state index contributed by atoms with van der Waals surface area (Å²) in [6.07, 6.45) is 0.127. The van der Waals surface area contributed by atoms with E-state index in [2.05, 4.69) is 43.9 Å². The van der Waals surface area contributed by atoms with Crippen LogP contribution in [0.1, 0.15) is 35.3 Å². The fourth-order valence-electron chi connectivity index (χ4n) is 3.01. The van der Waals surface area contributed by atoms with Crippen LogP contribution in [0.5, 0.6) is 5.75 Å². The predicted molar refractivity (Wildman–Crippen MR) is 94.9 cm³/mol. The summed E-state index contributed by atoms with van der Waals surface area (Å²) in [6, 6.07) is 13.4. The van der Waals surface area contributed by atoms with E-state index in [0.717, 1.165) is 23.5 Å². The molecule has 0 amide bonds. The molecule has 4 nitrogen and oxygen atoms in total. The molecule has 1 aliphatic heterocycles. The van der Waals surface area contributed by atoms with Crippen molar-refractivity contribution in [3.63, 3.8) is 0 Å². The standard InChI is InChI=1S/C20H23NO3/c1-13(2)19-12-21(17-8-7-14(3)9-18(17)24-19)11-15-5-4-6-16(10-15)20(22)23/h4-10,13,19H,11-12H2,1-3H3,(H,22,23). The first-order chi connectivity index (χ1) is 11.4. The van der Waals surface area contributed by atoms with Gasteiger partial charge in [0.1, 0.15) is 11.9 Å². The Labute approximate surface area is 142 Å². The molecule has 126 valence electrons. The topological polar surface area (TPSA) is 49.8 Å². The van der Waals surface area contributed by atoms with Gasteiger partial charge < -0.3 is 14.7 Å². The molecule has 0 radical (unpaired) electrons. The molecule has 1 aliphatic rings. The summed E-state index contributed by atoms with van der Waals surface area (Å²) in [7, 11) is 0. The summed E-state index contributed by atoms with van der Waals surface area (Å²) in [5.41, 5.74) is 3.56. The number of carboxylic acids is 1. The minimum absolute atomic E-state index is 0.127. The number of fused-ring (bicyclic) bond motifs is 1. The number of carboxylic acid groups (broad SMARTS) is 1. The molecule has 0 bridgehead atoms. The molecule has 1 N–H and O–H groups in total. The zero-order valence-electron chi connectivity index (χ0n) is 14.3. The molecular weight excluding hydrogens is 302 g/mol. The van der Waals surface area contributed by atoms with Gasteiger partial charge >= 0.3 is 5.97 Å². The van der Waals surface area contributed by atoms with E-state index in [1.54, 1.807) is 18.2 Å². The van der Waals surface area contributed by atoms with Crippen molar-refractivity contribution in [3.05, 3.63) is 59.2 Å². The minimum Gasteiger partial charge on any atom is -0.486 e. The number of ether oxygens (including phenoxy) is 1. The van der Waals surface area contributed by atoms with E-state index in [1.807, 2.05) is 6.07 Å². The predicted octanol–water partition coefficient (Wildman–Crippen LogP) is 4.12. The van der Waals surface area contributed by atoms with Gasteiger partial charge in [-0.05, 0) is 48.2 Å². The molecule has 3 rings (SSSR count). The van der Waals surface area contributed by atoms with E-state index in [1.165, 1.54) is 5.56 Å². The third-order valence-corrected chi connectivity index (χ3v) is 4.43. The quantitative estimate of drug-likeness (QED) is 0.919. The molecule has 1 heterocycles. The average Bonchev–Trinajstić information content (AvgIpc) is 2.54. The molecule has 0 fully saturated rings. The van der Waals surface area contributed by atoms with E-state index in [4.69, 9.17) is 4.74 Å². The Bertz CT molecular complexity index is 754. The van der Waals surface area contributed by atoms with E-state index < -0.39 is 5.97 Å². The third kappa shape index (κ3) is 3.37. The lowest BCUT2D eigenvalue weighted by Gasteiger charge is -2.38. The Balaban J connectivity index is 1.92. The van der Waals surface area contributed by atoms with Crippen LogP contribution >= 0.6 is 0 Å². The molecule has 0 aliphatic carbocycles. The Morgan fingerprint density at radius 3 is 2.79 bits per heavy atom. The summed E-state index contributed by atoms with van der Waals surface area (Å²) < 4.78 is 6.17. The number of nitrogens with zero attached hydrogens (tertiary/aromatic N) is 1. The lowest BCUT2D eigenvalue weighted by molar-refractivity contribution is 0.0696. The molecule has 0 saturated heterocycles. The van der Waals surface area contributed by atoms with Crippen molar-refractivity contribution < 1.29 is 14.6 Å². The molecule has 1 atom stereocenters. The summed E-state index contributed by atoms with van der Waals surface area (Å²) in [6.45, 7) is 7.85. The van der Waals surface area contributed by atoms with E-state index >= 15 is 0 Å². The van der Waals surface area contributed by atoms with Gasteiger partial charge in [0, 0.05) is 6.54 Å². The van der Waals surface area contributed by atoms with Gasteiger partial charge in [-0.15, -0.1) is 0 Å². The second-order valence-electron chi connectivity index (χ2n) is 6.76. The molecule has 2 aromatic rings. The van der Waals surface area contributed by atoms with Gasteiger partial charge in [-0.2, -0.15) is 0 Å². The van der Waals surface area contributed by atoms with Crippen LogP contribution in [0.15, 0.2) is 42.5 Å². The van der Waals surface area contributed by atoms with Crippen LogP contribution in [0.3, 0.4) is 0 Å². The van der Waals surface area contributed by atoms with Crippen molar-refractivity contribution in [1.82, 2.24) is 0 Å². The van der Waals surface area contributed by atoms with Crippen LogP contribution in [-0.4, -0.2) is 23.7 Å². The lowest BCUT2D eigenvalue weighted by atomic mass is 10.0. The van der Waals surface area contributed by atoms with Crippen LogP contribution in [0.25, 0.3) is 0 Å². The van der Waals surface area contributed by atoms with E-state index in [9.17, 15) is 9.90 Å². The maximum atomic E-state index is 11.2. The molecule has 1 unspecified atom stereocenters. The molecule has 24 heavy (non-hydrogen) atoms. The van der Waals surface area contributed by atoms with E-state index in [0.29, 0.717) is 18.0 Å². The van der Waals surface area contributed by atoms with Crippen LogP contribution in [0.4, 0.5) is 5.69 Å². The highest BCUT2D eigenvalue weighted by atomic mass is 16.5. The highest BCUT2D eigenvalue weighted by Gasteiger charge is 2.28. The van der Waals surface area contributed by atoms with Crippen molar-refractivity contribution in [2.75, 3.05) is 11.4 Å². The van der Waals surface area contributed by atoms with Gasteiger partial charge in [-0.1, -0.05) is 32.0 Å². The second-order valence-corrected chi connectivity index (χ2v) is 6.76. The summed E-state index contributed by atoms with van der Waals surface area (Å²) in [5, 5.41) is 9.18. The van der Waals surface area contributed by atoms with Gasteiger partial charge in [0.15, 0.2) is 0 Å². The zero-order chi connectivity index (χ0) is 17.3. The number of hydrogen-bond acceptors (Lipinski definition) is 3. The number of hydrogen-bond donors (Lipinski definition) is 1. The number of benzene rings is 2. The minimum atomic E-state index is -0.894. The van der Waals surface area contributed by atoms with Crippen LogP contribution in [-0.2, 0) is 6.54 Å². The fraction of sp³-hybridized carbons (Fsp3) is 0.350. The molecule has 4 heteroatoms. The largest absolute Gasteiger partial charge is 0.486 e. The van der Waals surface area contributed by atoms with Gasteiger partial charge in [-0.3, -0.25) is 0 Å². The Morgan fingerprint density at radius 1 is 1.29 bits per heavy atom. The first-order valence-corrected chi connectivity index (χ1v) is 8.28. The fourth-order valence-corrected chi connectivity index (χ4v) is 3.01. The summed E-state index contributed by atoms with van der Waals surface area (Å²) in [5.74, 6) is 0.427. The van der Waals surface area contributed by atoms with Crippen molar-refractivity contribution in [1.29, 1.82) is 0 Å². The van der Waals surface area contributed by atoms with Crippen molar-refractivity contribution in [2.45, 2.75) is 33.4 Å². The normalized spacial score (nSPS) is 16.7. The number of aryl methyl sites for hydroxylation is 1. The third-order valence-electron chi connectivity index (χ3n) is 4.43. The van der Waals surface area contributed by atoms with Gasteiger partial charge in [0.05, 0.1) is 17.8 Å². The molecular formula is C20H23NO3. The second kappa shape index (κ2) is 6.56. The number of anilines is 1. The van der Waals surface area contributed by atoms with Crippen molar-refractivity contribution in [3.8, 4) is 5.75 Å². The van der Waals surface area contributed by atoms with Crippen LogP contribution < -0.4 is 9.64 Å². The first-order valence-electron chi connectivity index (χ1n) is 8.28. The number of aromatic carboxylic acids is 1. The highest BCUT2D eigenvalue weighted by molar-refractivity contribution is 5.87. The first kappa shape index (κ1) is 16.4. The SMILES string of the molecule is Cc1ccc2c(c1)OC(C(C)C)CN2Cc1cccc(C(=O)O)c1.